The Kier molecular flexibility index (Phi) is 4.30. The summed E-state index contributed by atoms with van der Waals surface area (Å²) in [5.74, 6) is -1.59. The molecule has 5 heteroatoms. The highest BCUT2D eigenvalue weighted by Crippen LogP contribution is 2.25. The van der Waals surface area contributed by atoms with Gasteiger partial charge in [0.15, 0.2) is 11.6 Å². The molecule has 2 aromatic carbocycles. The smallest absolute Gasteiger partial charge is 0.168 e. The molecule has 0 atom stereocenters. The molecule has 0 bridgehead atoms. The molecular formula is C15H14F2N2O. The molecule has 2 rings (SSSR count). The Morgan fingerprint density at radius 1 is 1.15 bits per heavy atom. The monoisotopic (exact) mass is 276 g/mol. The zero-order chi connectivity index (χ0) is 14.5. The maximum Gasteiger partial charge on any atom is 0.168 e. The van der Waals surface area contributed by atoms with Gasteiger partial charge in [-0.3, -0.25) is 5.43 Å². The fourth-order valence-electron chi connectivity index (χ4n) is 1.71. The minimum absolute atomic E-state index is 0.0216. The standard InChI is InChI=1S/C15H14F2N2O/c1-10-13(20-2)8-11(15(17)14(10)16)9-18-19-12-6-4-3-5-7-12/h3-9,19H,1-2H3. The lowest BCUT2D eigenvalue weighted by Gasteiger charge is -2.08. The molecule has 0 radical (unpaired) electrons. The van der Waals surface area contributed by atoms with Gasteiger partial charge in [0, 0.05) is 11.1 Å². The molecule has 104 valence electrons. The first-order valence-electron chi connectivity index (χ1n) is 6.00. The Labute approximate surface area is 115 Å². The number of nitrogens with one attached hydrogen (secondary N) is 1. The molecule has 0 heterocycles. The molecule has 0 aliphatic rings. The van der Waals surface area contributed by atoms with E-state index in [2.05, 4.69) is 10.5 Å². The molecule has 0 spiro atoms. The summed E-state index contributed by atoms with van der Waals surface area (Å²) >= 11 is 0. The second-order valence-electron chi connectivity index (χ2n) is 4.16. The molecule has 0 saturated heterocycles. The van der Waals surface area contributed by atoms with Crippen LogP contribution in [0.2, 0.25) is 0 Å². The average molecular weight is 276 g/mol. The minimum Gasteiger partial charge on any atom is -0.496 e. The van der Waals surface area contributed by atoms with E-state index in [-0.39, 0.29) is 16.9 Å². The lowest BCUT2D eigenvalue weighted by molar-refractivity contribution is 0.401. The fourth-order valence-corrected chi connectivity index (χ4v) is 1.71. The van der Waals surface area contributed by atoms with Crippen molar-refractivity contribution in [3.05, 3.63) is 59.2 Å². The normalized spacial score (nSPS) is 10.8. The first-order chi connectivity index (χ1) is 9.63. The van der Waals surface area contributed by atoms with Crippen LogP contribution in [0, 0.1) is 18.6 Å². The van der Waals surface area contributed by atoms with Gasteiger partial charge in [-0.25, -0.2) is 8.78 Å². The van der Waals surface area contributed by atoms with E-state index in [9.17, 15) is 8.78 Å². The predicted octanol–water partition coefficient (Wildman–Crippen LogP) is 3.73. The lowest BCUT2D eigenvalue weighted by Crippen LogP contribution is -2.01. The van der Waals surface area contributed by atoms with Crippen LogP contribution in [-0.4, -0.2) is 13.3 Å². The number of hydrogen-bond acceptors (Lipinski definition) is 3. The van der Waals surface area contributed by atoms with Crippen molar-refractivity contribution in [3.63, 3.8) is 0 Å². The molecule has 0 amide bonds. The molecule has 3 nitrogen and oxygen atoms in total. The van der Waals surface area contributed by atoms with Crippen molar-refractivity contribution in [2.75, 3.05) is 12.5 Å². The van der Waals surface area contributed by atoms with Crippen molar-refractivity contribution in [2.24, 2.45) is 5.10 Å². The molecule has 2 aromatic rings. The van der Waals surface area contributed by atoms with Gasteiger partial charge in [-0.2, -0.15) is 5.10 Å². The number of anilines is 1. The van der Waals surface area contributed by atoms with Gasteiger partial charge in [-0.05, 0) is 25.1 Å². The minimum atomic E-state index is -0.943. The van der Waals surface area contributed by atoms with E-state index in [1.807, 2.05) is 30.3 Å². The van der Waals surface area contributed by atoms with Crippen molar-refractivity contribution < 1.29 is 13.5 Å². The first-order valence-corrected chi connectivity index (χ1v) is 6.00. The van der Waals surface area contributed by atoms with Crippen LogP contribution in [0.3, 0.4) is 0 Å². The number of hydrazone groups is 1. The quantitative estimate of drug-likeness (QED) is 0.682. The van der Waals surface area contributed by atoms with E-state index >= 15 is 0 Å². The Hall–Kier alpha value is -2.43. The maximum atomic E-state index is 13.8. The number of rotatable bonds is 4. The van der Waals surface area contributed by atoms with Crippen LogP contribution in [0.15, 0.2) is 41.5 Å². The number of halogens is 2. The molecule has 0 fully saturated rings. The van der Waals surface area contributed by atoms with E-state index < -0.39 is 11.6 Å². The van der Waals surface area contributed by atoms with E-state index in [0.717, 1.165) is 5.69 Å². The van der Waals surface area contributed by atoms with E-state index in [4.69, 9.17) is 4.74 Å². The highest BCUT2D eigenvalue weighted by molar-refractivity contribution is 5.81. The second kappa shape index (κ2) is 6.14. The van der Waals surface area contributed by atoms with Crippen LogP contribution >= 0.6 is 0 Å². The summed E-state index contributed by atoms with van der Waals surface area (Å²) in [7, 11) is 1.41. The predicted molar refractivity (Wildman–Crippen MR) is 75.3 cm³/mol. The summed E-state index contributed by atoms with van der Waals surface area (Å²) in [6, 6.07) is 10.6. The molecular weight excluding hydrogens is 262 g/mol. The summed E-state index contributed by atoms with van der Waals surface area (Å²) in [5, 5.41) is 3.88. The molecule has 0 aliphatic carbocycles. The van der Waals surface area contributed by atoms with Gasteiger partial charge >= 0.3 is 0 Å². The number of methoxy groups -OCH3 is 1. The second-order valence-corrected chi connectivity index (χ2v) is 4.16. The Morgan fingerprint density at radius 3 is 2.50 bits per heavy atom. The molecule has 0 unspecified atom stereocenters. The van der Waals surface area contributed by atoms with Gasteiger partial charge in [0.1, 0.15) is 5.75 Å². The zero-order valence-electron chi connectivity index (χ0n) is 11.2. The van der Waals surface area contributed by atoms with Gasteiger partial charge in [0.25, 0.3) is 0 Å². The Balaban J connectivity index is 2.23. The summed E-state index contributed by atoms with van der Waals surface area (Å²) in [5.41, 5.74) is 3.64. The number of para-hydroxylation sites is 1. The highest BCUT2D eigenvalue weighted by atomic mass is 19.2. The van der Waals surface area contributed by atoms with Gasteiger partial charge in [0.05, 0.1) is 19.0 Å². The molecule has 0 saturated carbocycles. The van der Waals surface area contributed by atoms with Crippen molar-refractivity contribution in [1.29, 1.82) is 0 Å². The Bertz CT molecular complexity index is 628. The molecule has 20 heavy (non-hydrogen) atoms. The number of ether oxygens (including phenoxy) is 1. The third-order valence-corrected chi connectivity index (χ3v) is 2.82. The number of benzene rings is 2. The van der Waals surface area contributed by atoms with Crippen LogP contribution in [0.4, 0.5) is 14.5 Å². The van der Waals surface area contributed by atoms with Crippen LogP contribution in [0.1, 0.15) is 11.1 Å². The summed E-state index contributed by atoms with van der Waals surface area (Å²) < 4.78 is 32.4. The Morgan fingerprint density at radius 2 is 1.85 bits per heavy atom. The molecule has 0 aliphatic heterocycles. The van der Waals surface area contributed by atoms with Crippen molar-refractivity contribution in [1.82, 2.24) is 0 Å². The van der Waals surface area contributed by atoms with Crippen LogP contribution in [-0.2, 0) is 0 Å². The SMILES string of the molecule is COc1cc(C=NNc2ccccc2)c(F)c(F)c1C. The maximum absolute atomic E-state index is 13.8. The van der Waals surface area contributed by atoms with Gasteiger partial charge in [0.2, 0.25) is 0 Å². The zero-order valence-corrected chi connectivity index (χ0v) is 11.2. The lowest BCUT2D eigenvalue weighted by atomic mass is 10.1. The summed E-state index contributed by atoms with van der Waals surface area (Å²) in [4.78, 5) is 0. The van der Waals surface area contributed by atoms with Crippen LogP contribution in [0.25, 0.3) is 0 Å². The number of hydrogen-bond donors (Lipinski definition) is 1. The number of nitrogens with zero attached hydrogens (tertiary/aromatic N) is 1. The fraction of sp³-hybridized carbons (Fsp3) is 0.133. The largest absolute Gasteiger partial charge is 0.496 e. The third-order valence-electron chi connectivity index (χ3n) is 2.82. The van der Waals surface area contributed by atoms with Gasteiger partial charge < -0.3 is 4.74 Å². The first kappa shape index (κ1) is 14.0. The topological polar surface area (TPSA) is 33.6 Å². The van der Waals surface area contributed by atoms with E-state index in [0.29, 0.717) is 0 Å². The summed E-state index contributed by atoms with van der Waals surface area (Å²) in [6.45, 7) is 1.46. The van der Waals surface area contributed by atoms with Crippen molar-refractivity contribution in [2.45, 2.75) is 6.92 Å². The van der Waals surface area contributed by atoms with E-state index in [1.54, 1.807) is 0 Å². The third kappa shape index (κ3) is 2.93. The van der Waals surface area contributed by atoms with E-state index in [1.165, 1.54) is 26.3 Å². The van der Waals surface area contributed by atoms with Crippen molar-refractivity contribution >= 4 is 11.9 Å². The molecule has 0 aromatic heterocycles. The highest BCUT2D eigenvalue weighted by Gasteiger charge is 2.14. The van der Waals surface area contributed by atoms with Gasteiger partial charge in [-0.1, -0.05) is 18.2 Å². The van der Waals surface area contributed by atoms with Gasteiger partial charge in [-0.15, -0.1) is 0 Å². The van der Waals surface area contributed by atoms with Crippen LogP contribution in [0.5, 0.6) is 5.75 Å². The average Bonchev–Trinajstić information content (AvgIpc) is 2.48. The van der Waals surface area contributed by atoms with Crippen molar-refractivity contribution in [3.8, 4) is 5.75 Å². The summed E-state index contributed by atoms with van der Waals surface area (Å²) in [6.07, 6.45) is 1.22. The molecule has 1 N–H and O–H groups in total. The van der Waals surface area contributed by atoms with Crippen LogP contribution < -0.4 is 10.2 Å².